The molecule has 1 aromatic heterocycles. The lowest BCUT2D eigenvalue weighted by Crippen LogP contribution is -2.46. The zero-order valence-electron chi connectivity index (χ0n) is 11.8. The minimum Gasteiger partial charge on any atom is -0.367 e. The maximum absolute atomic E-state index is 13.1. The molecule has 7 nitrogen and oxygen atoms in total. The fraction of sp³-hybridized carbons (Fsp3) is 0.545. The van der Waals surface area contributed by atoms with Crippen molar-refractivity contribution in [3.05, 3.63) is 11.8 Å². The summed E-state index contributed by atoms with van der Waals surface area (Å²) in [7, 11) is 1.56. The number of alkyl halides is 3. The number of aromatic nitrogens is 2. The molecule has 0 aromatic carbocycles. The van der Waals surface area contributed by atoms with Crippen LogP contribution in [-0.4, -0.2) is 40.1 Å². The fourth-order valence-corrected chi connectivity index (χ4v) is 2.20. The summed E-state index contributed by atoms with van der Waals surface area (Å²) in [5.74, 6) is -0.600. The molecule has 4 N–H and O–H groups in total. The largest absolute Gasteiger partial charge is 0.410 e. The van der Waals surface area contributed by atoms with Gasteiger partial charge in [0, 0.05) is 13.1 Å². The summed E-state index contributed by atoms with van der Waals surface area (Å²) in [5.41, 5.74) is 4.71. The molecule has 2 rings (SSSR count). The molecule has 122 valence electrons. The first kappa shape index (κ1) is 16.3. The topological polar surface area (TPSA) is 83.0 Å². The van der Waals surface area contributed by atoms with Crippen molar-refractivity contribution in [2.45, 2.75) is 31.6 Å². The van der Waals surface area contributed by atoms with E-state index < -0.39 is 24.2 Å². The van der Waals surface area contributed by atoms with Crippen molar-refractivity contribution in [1.82, 2.24) is 25.9 Å². The molecule has 1 aromatic rings. The summed E-state index contributed by atoms with van der Waals surface area (Å²) in [4.78, 5) is 12.0. The Labute approximate surface area is 129 Å². The highest BCUT2D eigenvalue weighted by atomic mass is 32.1. The van der Waals surface area contributed by atoms with Crippen molar-refractivity contribution in [2.75, 3.05) is 12.4 Å². The average Bonchev–Trinajstić information content (AvgIpc) is 2.85. The highest BCUT2D eigenvalue weighted by Gasteiger charge is 2.46. The molecule has 2 atom stereocenters. The van der Waals surface area contributed by atoms with Gasteiger partial charge in [-0.3, -0.25) is 15.6 Å². The van der Waals surface area contributed by atoms with E-state index in [1.54, 1.807) is 14.0 Å². The third-order valence-corrected chi connectivity index (χ3v) is 3.50. The second-order valence-corrected chi connectivity index (χ2v) is 5.26. The van der Waals surface area contributed by atoms with E-state index in [1.165, 1.54) is 0 Å². The first-order valence-electron chi connectivity index (χ1n) is 6.43. The summed E-state index contributed by atoms with van der Waals surface area (Å²) < 4.78 is 40.0. The van der Waals surface area contributed by atoms with Gasteiger partial charge in [-0.05, 0) is 25.6 Å². The van der Waals surface area contributed by atoms with Gasteiger partial charge < -0.3 is 10.6 Å². The Kier molecular flexibility index (Phi) is 4.44. The molecule has 22 heavy (non-hydrogen) atoms. The molecular weight excluding hydrogens is 321 g/mol. The first-order chi connectivity index (χ1) is 10.2. The summed E-state index contributed by atoms with van der Waals surface area (Å²) >= 11 is 4.79. The monoisotopic (exact) mass is 336 g/mol. The molecule has 1 amide bonds. The van der Waals surface area contributed by atoms with Crippen LogP contribution >= 0.6 is 12.2 Å². The third-order valence-electron chi connectivity index (χ3n) is 3.19. The summed E-state index contributed by atoms with van der Waals surface area (Å²) in [6, 6.07) is -2.19. The van der Waals surface area contributed by atoms with Gasteiger partial charge in [-0.25, -0.2) is 4.68 Å². The summed E-state index contributed by atoms with van der Waals surface area (Å²) in [6.07, 6.45) is -3.49. The normalized spacial score (nSPS) is 20.6. The Morgan fingerprint density at radius 3 is 2.77 bits per heavy atom. The predicted octanol–water partition coefficient (Wildman–Crippen LogP) is 0.929. The van der Waals surface area contributed by atoms with E-state index in [4.69, 9.17) is 12.2 Å². The van der Waals surface area contributed by atoms with Gasteiger partial charge in [0.15, 0.2) is 11.2 Å². The van der Waals surface area contributed by atoms with Gasteiger partial charge >= 0.3 is 6.18 Å². The van der Waals surface area contributed by atoms with Crippen molar-refractivity contribution in [3.63, 3.8) is 0 Å². The van der Waals surface area contributed by atoms with Gasteiger partial charge in [0.1, 0.15) is 11.4 Å². The van der Waals surface area contributed by atoms with Crippen molar-refractivity contribution in [3.8, 4) is 0 Å². The number of fused-ring (bicyclic) bond motifs is 1. The van der Waals surface area contributed by atoms with Gasteiger partial charge in [-0.2, -0.15) is 18.3 Å². The number of hydrogen-bond acceptors (Lipinski definition) is 4. The smallest absolute Gasteiger partial charge is 0.367 e. The van der Waals surface area contributed by atoms with E-state index in [0.717, 1.165) is 10.9 Å². The van der Waals surface area contributed by atoms with Gasteiger partial charge in [-0.1, -0.05) is 0 Å². The molecule has 0 unspecified atom stereocenters. The number of anilines is 1. The zero-order valence-corrected chi connectivity index (χ0v) is 12.6. The average molecular weight is 336 g/mol. The van der Waals surface area contributed by atoms with Crippen LogP contribution in [0.2, 0.25) is 0 Å². The van der Waals surface area contributed by atoms with Crippen molar-refractivity contribution >= 4 is 29.1 Å². The van der Waals surface area contributed by atoms with Gasteiger partial charge in [0.2, 0.25) is 0 Å². The highest BCUT2D eigenvalue weighted by molar-refractivity contribution is 7.80. The second kappa shape index (κ2) is 5.99. The van der Waals surface area contributed by atoms with E-state index >= 15 is 0 Å². The second-order valence-electron chi connectivity index (χ2n) is 4.85. The minimum atomic E-state index is -4.43. The molecule has 0 fully saturated rings. The molecule has 1 aliphatic heterocycles. The van der Waals surface area contributed by atoms with Crippen LogP contribution in [-0.2, 0) is 0 Å². The summed E-state index contributed by atoms with van der Waals surface area (Å²) in [6.45, 7) is 1.62. The van der Waals surface area contributed by atoms with Crippen LogP contribution in [0.4, 0.5) is 19.0 Å². The lowest BCUT2D eigenvalue weighted by atomic mass is 10.1. The van der Waals surface area contributed by atoms with E-state index in [0.29, 0.717) is 0 Å². The van der Waals surface area contributed by atoms with Crippen LogP contribution in [0.15, 0.2) is 6.20 Å². The van der Waals surface area contributed by atoms with Crippen LogP contribution in [0.1, 0.15) is 29.7 Å². The maximum Gasteiger partial charge on any atom is 0.410 e. The molecule has 0 radical (unpaired) electrons. The van der Waals surface area contributed by atoms with E-state index in [-0.39, 0.29) is 22.9 Å². The van der Waals surface area contributed by atoms with Crippen LogP contribution in [0, 0.1) is 0 Å². The molecule has 0 saturated heterocycles. The molecule has 0 aliphatic carbocycles. The number of hydrazine groups is 1. The van der Waals surface area contributed by atoms with Gasteiger partial charge in [-0.15, -0.1) is 0 Å². The zero-order chi connectivity index (χ0) is 16.5. The number of rotatable bonds is 1. The van der Waals surface area contributed by atoms with Crippen molar-refractivity contribution < 1.29 is 18.0 Å². The molecule has 0 spiro atoms. The first-order valence-corrected chi connectivity index (χ1v) is 6.83. The number of halogens is 3. The predicted molar refractivity (Wildman–Crippen MR) is 77.3 cm³/mol. The van der Waals surface area contributed by atoms with Crippen molar-refractivity contribution in [1.29, 1.82) is 0 Å². The van der Waals surface area contributed by atoms with Crippen LogP contribution in [0.3, 0.4) is 0 Å². The number of hydrogen-bond donors (Lipinski definition) is 4. The van der Waals surface area contributed by atoms with Crippen molar-refractivity contribution in [2.24, 2.45) is 0 Å². The quantitative estimate of drug-likeness (QED) is 0.451. The SMILES string of the molecule is CNC(=S)NNC(=O)c1cnn2c1N[C@H](C)C[C@H]2C(F)(F)F. The maximum atomic E-state index is 13.1. The van der Waals surface area contributed by atoms with Crippen LogP contribution in [0.5, 0.6) is 0 Å². The Morgan fingerprint density at radius 1 is 1.50 bits per heavy atom. The number of amides is 1. The minimum absolute atomic E-state index is 0.00667. The standard InChI is InChI=1S/C11H15F3N6OS/c1-5-3-7(11(12,13)14)20-8(17-5)6(4-16-20)9(21)18-19-10(22)15-2/h4-5,7,17H,3H2,1-2H3,(H,18,21)(H2,15,19,22)/t5-,7+/m1/s1. The molecule has 1 aliphatic rings. The summed E-state index contributed by atoms with van der Waals surface area (Å²) in [5, 5.41) is 9.31. The Hall–Kier alpha value is -2.04. The third kappa shape index (κ3) is 3.24. The van der Waals surface area contributed by atoms with Gasteiger partial charge in [0.05, 0.1) is 6.20 Å². The van der Waals surface area contributed by atoms with Gasteiger partial charge in [0.25, 0.3) is 5.91 Å². The van der Waals surface area contributed by atoms with Crippen LogP contribution in [0.25, 0.3) is 0 Å². The molecule has 0 bridgehead atoms. The van der Waals surface area contributed by atoms with E-state index in [2.05, 4.69) is 26.6 Å². The number of nitrogens with one attached hydrogen (secondary N) is 4. The van der Waals surface area contributed by atoms with E-state index in [9.17, 15) is 18.0 Å². The number of carbonyl (C=O) groups is 1. The van der Waals surface area contributed by atoms with E-state index in [1.807, 2.05) is 0 Å². The number of thiocarbonyl (C=S) groups is 1. The lowest BCUT2D eigenvalue weighted by molar-refractivity contribution is -0.173. The fourth-order valence-electron chi connectivity index (χ4n) is 2.15. The number of nitrogens with zero attached hydrogens (tertiary/aromatic N) is 2. The van der Waals surface area contributed by atoms with Crippen LogP contribution < -0.4 is 21.5 Å². The highest BCUT2D eigenvalue weighted by Crippen LogP contribution is 2.39. The Bertz CT molecular complexity index is 587. The number of carbonyl (C=O) groups excluding carboxylic acids is 1. The molecule has 0 saturated carbocycles. The lowest BCUT2D eigenvalue weighted by Gasteiger charge is -2.31. The molecule has 2 heterocycles. The Morgan fingerprint density at radius 2 is 2.18 bits per heavy atom. The molecular formula is C11H15F3N6OS. The molecule has 11 heteroatoms. The Balaban J connectivity index is 2.25.